The standard InChI is InChI=1S/C49H59N7O11/c1-22(2)60-28-17-19-30(62-24(5)6)34-32(28)40-50-26-21-27(37-36(26)65-48(12,58-15)49(13,59-16)66-37)51-41-33-29(61-23(3)4)18-20-31(63-25(7)8)35(33)43(53-41)55-45-39-38(44(56-45)54-42(34)52-40)64-46(9,10)47(11,57-14)67-39/h17-20,22-25H,21H2,1-16H3,(H,50,51,52,53,54,55,56)/t47-,48-,49-/m1/s1. The topological polar surface area (TPSA) is 191 Å². The van der Waals surface area contributed by atoms with Crippen molar-refractivity contribution in [2.45, 2.75) is 144 Å². The first-order valence-corrected chi connectivity index (χ1v) is 22.6. The number of methoxy groups -OCH3 is 3. The third-order valence-electron chi connectivity index (χ3n) is 12.2. The fraction of sp³-hybridized carbons (Fsp3) is 0.510. The number of hydrogen-bond donors (Lipinski definition) is 1. The molecule has 356 valence electrons. The van der Waals surface area contributed by atoms with Gasteiger partial charge in [0.1, 0.15) is 23.0 Å². The molecule has 1 aromatic heterocycles. The second-order valence-electron chi connectivity index (χ2n) is 18.8. The Kier molecular flexibility index (Phi) is 11.1. The zero-order valence-electron chi connectivity index (χ0n) is 41.0. The minimum Gasteiger partial charge on any atom is -0.490 e. The van der Waals surface area contributed by atoms with Crippen LogP contribution in [0.25, 0.3) is 0 Å². The number of aromatic amines is 1. The first-order valence-electron chi connectivity index (χ1n) is 22.6. The molecule has 67 heavy (non-hydrogen) atoms. The van der Waals surface area contributed by atoms with E-state index in [9.17, 15) is 0 Å². The lowest BCUT2D eigenvalue weighted by molar-refractivity contribution is -0.384. The summed E-state index contributed by atoms with van der Waals surface area (Å²) in [7, 11) is 4.61. The number of hydrogen-bond acceptors (Lipinski definition) is 17. The summed E-state index contributed by atoms with van der Waals surface area (Å²) in [6.45, 7) is 24.6. The van der Waals surface area contributed by atoms with Gasteiger partial charge in [-0.2, -0.15) is 0 Å². The molecular formula is C49H59N7O11. The molecule has 0 unspecified atom stereocenters. The lowest BCUT2D eigenvalue weighted by Gasteiger charge is -2.47. The van der Waals surface area contributed by atoms with Gasteiger partial charge in [-0.15, -0.1) is 0 Å². The summed E-state index contributed by atoms with van der Waals surface area (Å²) in [6.07, 6.45) is -0.746. The van der Waals surface area contributed by atoms with Gasteiger partial charge in [0.25, 0.3) is 11.6 Å². The molecule has 8 bridgehead atoms. The number of nitrogens with zero attached hydrogens (tertiary/aromatic N) is 6. The highest BCUT2D eigenvalue weighted by atomic mass is 16.8. The summed E-state index contributed by atoms with van der Waals surface area (Å²) in [5.41, 5.74) is 2.50. The second-order valence-corrected chi connectivity index (χ2v) is 18.8. The van der Waals surface area contributed by atoms with E-state index in [1.807, 2.05) is 93.5 Å². The van der Waals surface area contributed by atoms with E-state index in [1.165, 1.54) is 14.2 Å². The Morgan fingerprint density at radius 2 is 0.776 bits per heavy atom. The highest BCUT2D eigenvalue weighted by Crippen LogP contribution is 2.50. The zero-order chi connectivity index (χ0) is 48.1. The molecule has 1 saturated heterocycles. The Hall–Kier alpha value is -6.24. The molecule has 6 aliphatic rings. The van der Waals surface area contributed by atoms with Crippen LogP contribution < -0.4 is 39.4 Å². The minimum absolute atomic E-state index is 0.107. The highest BCUT2D eigenvalue weighted by molar-refractivity contribution is 6.26. The van der Waals surface area contributed by atoms with Crippen LogP contribution in [0.4, 0.5) is 0 Å². The van der Waals surface area contributed by atoms with Crippen molar-refractivity contribution in [3.63, 3.8) is 0 Å². The summed E-state index contributed by atoms with van der Waals surface area (Å²) in [5, 5.41) is 0. The molecule has 1 fully saturated rings. The lowest BCUT2D eigenvalue weighted by Crippen LogP contribution is -2.60. The van der Waals surface area contributed by atoms with Crippen molar-refractivity contribution in [3.8, 4) is 34.5 Å². The molecule has 0 amide bonds. The molecule has 2 aromatic carbocycles. The first kappa shape index (κ1) is 45.9. The van der Waals surface area contributed by atoms with Gasteiger partial charge in [0.2, 0.25) is 17.3 Å². The fourth-order valence-corrected chi connectivity index (χ4v) is 8.38. The number of rotatable bonds is 11. The Morgan fingerprint density at radius 3 is 1.10 bits per heavy atom. The van der Waals surface area contributed by atoms with Crippen LogP contribution >= 0.6 is 0 Å². The molecule has 5 aliphatic heterocycles. The third kappa shape index (κ3) is 7.53. The zero-order valence-corrected chi connectivity index (χ0v) is 41.0. The quantitative estimate of drug-likeness (QED) is 0.202. The van der Waals surface area contributed by atoms with E-state index in [1.54, 1.807) is 27.9 Å². The molecule has 18 nitrogen and oxygen atoms in total. The van der Waals surface area contributed by atoms with E-state index < -0.39 is 23.0 Å². The average Bonchev–Trinajstić information content (AvgIpc) is 3.97. The van der Waals surface area contributed by atoms with E-state index in [0.717, 1.165) is 0 Å². The molecule has 9 rings (SSSR count). The van der Waals surface area contributed by atoms with Crippen LogP contribution in [-0.2, 0) is 23.7 Å². The van der Waals surface area contributed by atoms with Gasteiger partial charge in [0.05, 0.1) is 58.1 Å². The van der Waals surface area contributed by atoms with E-state index in [2.05, 4.69) is 4.98 Å². The van der Waals surface area contributed by atoms with Crippen molar-refractivity contribution in [2.24, 2.45) is 30.0 Å². The van der Waals surface area contributed by atoms with Gasteiger partial charge in [-0.3, -0.25) is 0 Å². The van der Waals surface area contributed by atoms with Gasteiger partial charge in [-0.05, 0) is 93.5 Å². The number of ether oxygens (including phenoxy) is 11. The Labute approximate surface area is 389 Å². The number of benzene rings is 2. The van der Waals surface area contributed by atoms with Gasteiger partial charge >= 0.3 is 0 Å². The van der Waals surface area contributed by atoms with E-state index in [-0.39, 0.29) is 88.2 Å². The number of H-pyrrole nitrogens is 1. The third-order valence-corrected chi connectivity index (χ3v) is 12.2. The van der Waals surface area contributed by atoms with Gasteiger partial charge < -0.3 is 57.1 Å². The monoisotopic (exact) mass is 921 g/mol. The second kappa shape index (κ2) is 16.2. The van der Waals surface area contributed by atoms with Gasteiger partial charge in [-0.1, -0.05) is 0 Å². The normalized spacial score (nSPS) is 24.2. The largest absolute Gasteiger partial charge is 0.490 e. The Morgan fingerprint density at radius 1 is 0.448 bits per heavy atom. The molecule has 6 heterocycles. The maximum atomic E-state index is 6.81. The number of fused-ring (bicyclic) bond motifs is 16. The van der Waals surface area contributed by atoms with Gasteiger partial charge in [-0.25, -0.2) is 30.0 Å². The summed E-state index contributed by atoms with van der Waals surface area (Å²) >= 11 is 0. The van der Waals surface area contributed by atoms with Crippen molar-refractivity contribution >= 4 is 23.3 Å². The molecule has 1 aliphatic carbocycles. The number of aliphatic imine (C=N–C) groups is 4. The number of nitrogens with one attached hydrogen (secondary N) is 1. The molecule has 1 N–H and O–H groups in total. The predicted molar refractivity (Wildman–Crippen MR) is 248 cm³/mol. The van der Waals surface area contributed by atoms with Gasteiger partial charge in [0.15, 0.2) is 51.4 Å². The number of amidine groups is 4. The average molecular weight is 922 g/mol. The van der Waals surface area contributed by atoms with E-state index >= 15 is 0 Å². The summed E-state index contributed by atoms with van der Waals surface area (Å²) < 4.78 is 71.0. The van der Waals surface area contributed by atoms with Crippen molar-refractivity contribution in [2.75, 3.05) is 21.3 Å². The van der Waals surface area contributed by atoms with Crippen LogP contribution in [0.15, 0.2) is 77.1 Å². The molecule has 0 radical (unpaired) electrons. The van der Waals surface area contributed by atoms with Crippen molar-refractivity contribution in [1.29, 1.82) is 0 Å². The molecule has 3 atom stereocenters. The van der Waals surface area contributed by atoms with E-state index in [0.29, 0.717) is 56.6 Å². The molecule has 0 saturated carbocycles. The van der Waals surface area contributed by atoms with Crippen LogP contribution in [0.3, 0.4) is 0 Å². The minimum atomic E-state index is -1.45. The summed E-state index contributed by atoms with van der Waals surface area (Å²) in [5.74, 6) is -0.0348. The fourth-order valence-electron chi connectivity index (χ4n) is 8.38. The molecule has 18 heteroatoms. The number of aromatic nitrogens is 1. The Bertz CT molecular complexity index is 2910. The lowest BCUT2D eigenvalue weighted by atomic mass is 9.97. The molecule has 0 spiro atoms. The summed E-state index contributed by atoms with van der Waals surface area (Å²) in [4.78, 5) is 34.8. The SMILES string of the molecule is CO[C@]1(C)Oc2c(c3[nH]c2=NC2=NC(=NC4=C5O[C@@](C)(OC)[C@](C)(OC)OC5=C(C4)N=C4N=C(N=3)c3c(OC(C)C)ccc(OC(C)C)c34)c3c(OC(C)C)ccc(OC(C)C)c32)OC1(C)C. The van der Waals surface area contributed by atoms with Gasteiger partial charge in [0, 0.05) is 48.5 Å². The highest BCUT2D eigenvalue weighted by Gasteiger charge is 2.58. The maximum absolute atomic E-state index is 6.81. The van der Waals surface area contributed by atoms with Crippen LogP contribution in [0.2, 0.25) is 0 Å². The molecular weight excluding hydrogens is 863 g/mol. The van der Waals surface area contributed by atoms with Crippen molar-refractivity contribution in [1.82, 2.24) is 4.98 Å². The summed E-state index contributed by atoms with van der Waals surface area (Å²) in [6, 6.07) is 7.41. The Balaban J connectivity index is 1.43. The molecule has 3 aromatic rings. The van der Waals surface area contributed by atoms with Crippen molar-refractivity contribution in [3.05, 3.63) is 80.4 Å². The van der Waals surface area contributed by atoms with Crippen LogP contribution in [0.5, 0.6) is 34.5 Å². The van der Waals surface area contributed by atoms with E-state index in [4.69, 9.17) is 82.1 Å². The van der Waals surface area contributed by atoms with Crippen LogP contribution in [0.1, 0.15) is 119 Å². The maximum Gasteiger partial charge on any atom is 0.273 e. The van der Waals surface area contributed by atoms with Crippen LogP contribution in [0, 0.1) is 0 Å². The first-order chi connectivity index (χ1) is 31.6. The van der Waals surface area contributed by atoms with Crippen LogP contribution in [-0.4, -0.2) is 97.0 Å². The smallest absolute Gasteiger partial charge is 0.273 e. The van der Waals surface area contributed by atoms with Crippen molar-refractivity contribution < 1.29 is 52.1 Å². The predicted octanol–water partition coefficient (Wildman–Crippen LogP) is 7.34.